The molecule has 1 aliphatic rings. The van der Waals surface area contributed by atoms with Crippen molar-refractivity contribution in [2.45, 2.75) is 30.9 Å². The van der Waals surface area contributed by atoms with E-state index in [1.54, 1.807) is 30.3 Å². The van der Waals surface area contributed by atoms with Crippen LogP contribution in [0.1, 0.15) is 29.8 Å². The standard InChI is InChI=1S/C24H22ClFN2O5S/c1-2-15-3-12-21(26)22-20(15)13-14-28(23(22)33-24(27)29)34(30,31)19-10-8-18(9-11-19)32-17-6-4-16(25)5-7-17/h3-12,23H,2,13-14H2,1H3,(H2,27,29). The number of sulfonamides is 1. The number of amides is 1. The molecular weight excluding hydrogens is 483 g/mol. The van der Waals surface area contributed by atoms with Crippen LogP contribution in [0.3, 0.4) is 0 Å². The Morgan fingerprint density at radius 3 is 2.29 bits per heavy atom. The summed E-state index contributed by atoms with van der Waals surface area (Å²) in [5.74, 6) is 0.281. The first-order valence-corrected chi connectivity index (χ1v) is 12.3. The fourth-order valence-corrected chi connectivity index (χ4v) is 5.59. The van der Waals surface area contributed by atoms with Gasteiger partial charge in [-0.3, -0.25) is 0 Å². The van der Waals surface area contributed by atoms with Gasteiger partial charge in [-0.25, -0.2) is 17.6 Å². The Morgan fingerprint density at radius 2 is 1.71 bits per heavy atom. The van der Waals surface area contributed by atoms with Gasteiger partial charge in [-0.2, -0.15) is 4.31 Å². The summed E-state index contributed by atoms with van der Waals surface area (Å²) < 4.78 is 53.6. The van der Waals surface area contributed by atoms with Crippen LogP contribution in [0.15, 0.2) is 65.6 Å². The molecule has 1 amide bonds. The summed E-state index contributed by atoms with van der Waals surface area (Å²) in [6.07, 6.45) is -1.83. The molecule has 3 aromatic carbocycles. The molecule has 0 aromatic heterocycles. The highest BCUT2D eigenvalue weighted by Crippen LogP contribution is 2.38. The Kier molecular flexibility index (Phi) is 6.79. The molecule has 3 aromatic rings. The zero-order valence-electron chi connectivity index (χ0n) is 18.2. The van der Waals surface area contributed by atoms with Crippen LogP contribution in [-0.4, -0.2) is 25.4 Å². The Morgan fingerprint density at radius 1 is 1.09 bits per heavy atom. The van der Waals surface area contributed by atoms with Crippen LogP contribution in [0.25, 0.3) is 0 Å². The van der Waals surface area contributed by atoms with Gasteiger partial charge in [-0.15, -0.1) is 0 Å². The molecule has 0 bridgehead atoms. The SMILES string of the molecule is CCc1ccc(F)c2c1CCN(S(=O)(=O)c1ccc(Oc3ccc(Cl)cc3)cc1)C2OC(N)=O. The molecule has 0 saturated heterocycles. The average molecular weight is 505 g/mol. The van der Waals surface area contributed by atoms with Gasteiger partial charge in [0.1, 0.15) is 17.3 Å². The van der Waals surface area contributed by atoms with Gasteiger partial charge in [0, 0.05) is 17.1 Å². The maximum atomic E-state index is 14.9. The number of ether oxygens (including phenoxy) is 2. The average Bonchev–Trinajstić information content (AvgIpc) is 2.81. The molecule has 0 radical (unpaired) electrons. The van der Waals surface area contributed by atoms with Crippen molar-refractivity contribution in [3.05, 3.63) is 88.2 Å². The third kappa shape index (κ3) is 4.72. The molecule has 1 unspecified atom stereocenters. The Hall–Kier alpha value is -3.14. The maximum Gasteiger partial charge on any atom is 0.406 e. The van der Waals surface area contributed by atoms with E-state index in [0.29, 0.717) is 28.5 Å². The summed E-state index contributed by atoms with van der Waals surface area (Å²) in [4.78, 5) is 11.6. The number of rotatable bonds is 6. The van der Waals surface area contributed by atoms with Gasteiger partial charge in [0.15, 0.2) is 6.23 Å². The second-order valence-corrected chi connectivity index (χ2v) is 9.96. The number of nitrogens with zero attached hydrogens (tertiary/aromatic N) is 1. The summed E-state index contributed by atoms with van der Waals surface area (Å²) >= 11 is 5.87. The summed E-state index contributed by atoms with van der Waals surface area (Å²) in [5.41, 5.74) is 6.72. The van der Waals surface area contributed by atoms with Gasteiger partial charge < -0.3 is 15.2 Å². The van der Waals surface area contributed by atoms with E-state index in [4.69, 9.17) is 26.8 Å². The largest absolute Gasteiger partial charge is 0.457 e. The number of hydrogen-bond acceptors (Lipinski definition) is 5. The number of halogens is 2. The Balaban J connectivity index is 1.66. The summed E-state index contributed by atoms with van der Waals surface area (Å²) in [7, 11) is -4.17. The number of benzene rings is 3. The molecule has 0 saturated carbocycles. The zero-order valence-corrected chi connectivity index (χ0v) is 19.8. The molecule has 7 nitrogen and oxygen atoms in total. The Labute approximate surface area is 201 Å². The first-order valence-electron chi connectivity index (χ1n) is 10.5. The first-order chi connectivity index (χ1) is 16.2. The molecule has 2 N–H and O–H groups in total. The number of carbonyl (C=O) groups is 1. The molecule has 0 spiro atoms. The van der Waals surface area contributed by atoms with Gasteiger partial charge in [-0.05, 0) is 78.6 Å². The van der Waals surface area contributed by atoms with Crippen LogP contribution in [0.2, 0.25) is 5.02 Å². The lowest BCUT2D eigenvalue weighted by Crippen LogP contribution is -2.43. The van der Waals surface area contributed by atoms with Crippen LogP contribution in [0, 0.1) is 5.82 Å². The third-order valence-electron chi connectivity index (χ3n) is 5.58. The first kappa shape index (κ1) is 24.0. The van der Waals surface area contributed by atoms with Crippen molar-refractivity contribution in [1.29, 1.82) is 0 Å². The summed E-state index contributed by atoms with van der Waals surface area (Å²) in [6, 6.07) is 15.3. The predicted molar refractivity (Wildman–Crippen MR) is 125 cm³/mol. The van der Waals surface area contributed by atoms with Crippen molar-refractivity contribution >= 4 is 27.7 Å². The smallest absolute Gasteiger partial charge is 0.406 e. The van der Waals surface area contributed by atoms with Crippen LogP contribution in [0.5, 0.6) is 11.5 Å². The number of fused-ring (bicyclic) bond motifs is 1. The minimum atomic E-state index is -4.17. The molecule has 0 fully saturated rings. The molecule has 1 heterocycles. The minimum Gasteiger partial charge on any atom is -0.457 e. The molecule has 1 atom stereocenters. The van der Waals surface area contributed by atoms with Crippen LogP contribution >= 0.6 is 11.6 Å². The highest BCUT2D eigenvalue weighted by molar-refractivity contribution is 7.89. The molecule has 1 aliphatic heterocycles. The Bertz CT molecular complexity index is 1310. The van der Waals surface area contributed by atoms with E-state index in [9.17, 15) is 17.6 Å². The number of carbonyl (C=O) groups excluding carboxylic acids is 1. The second kappa shape index (κ2) is 9.61. The lowest BCUT2D eigenvalue weighted by Gasteiger charge is -2.36. The van der Waals surface area contributed by atoms with Crippen molar-refractivity contribution in [3.8, 4) is 11.5 Å². The quantitative estimate of drug-likeness (QED) is 0.499. The fourth-order valence-electron chi connectivity index (χ4n) is 3.99. The normalized spacial score (nSPS) is 16.0. The third-order valence-corrected chi connectivity index (χ3v) is 7.69. The van der Waals surface area contributed by atoms with Crippen molar-refractivity contribution < 1.29 is 27.1 Å². The molecule has 34 heavy (non-hydrogen) atoms. The molecule has 0 aliphatic carbocycles. The summed E-state index contributed by atoms with van der Waals surface area (Å²) in [6.45, 7) is 1.90. The topological polar surface area (TPSA) is 98.9 Å². The van der Waals surface area contributed by atoms with E-state index >= 15 is 0 Å². The molecule has 10 heteroatoms. The van der Waals surface area contributed by atoms with Gasteiger partial charge in [-0.1, -0.05) is 24.6 Å². The lowest BCUT2D eigenvalue weighted by atomic mass is 9.92. The van der Waals surface area contributed by atoms with Crippen LogP contribution < -0.4 is 10.5 Å². The van der Waals surface area contributed by atoms with Crippen molar-refractivity contribution in [2.24, 2.45) is 5.73 Å². The van der Waals surface area contributed by atoms with E-state index in [-0.39, 0.29) is 23.4 Å². The zero-order chi connectivity index (χ0) is 24.5. The predicted octanol–water partition coefficient (Wildman–Crippen LogP) is 5.17. The lowest BCUT2D eigenvalue weighted by molar-refractivity contribution is 0.0267. The van der Waals surface area contributed by atoms with E-state index in [1.165, 1.54) is 30.3 Å². The summed E-state index contributed by atoms with van der Waals surface area (Å²) in [5, 5.41) is 0.562. The van der Waals surface area contributed by atoms with Crippen LogP contribution in [-0.2, 0) is 27.6 Å². The van der Waals surface area contributed by atoms with Crippen molar-refractivity contribution in [2.75, 3.05) is 6.54 Å². The minimum absolute atomic E-state index is 0.00718. The fraction of sp³-hybridized carbons (Fsp3) is 0.208. The van der Waals surface area contributed by atoms with Crippen molar-refractivity contribution in [1.82, 2.24) is 4.31 Å². The number of primary amides is 1. The van der Waals surface area contributed by atoms with Crippen LogP contribution in [0.4, 0.5) is 9.18 Å². The molecular formula is C24H22ClFN2O5S. The van der Waals surface area contributed by atoms with Crippen molar-refractivity contribution in [3.63, 3.8) is 0 Å². The monoisotopic (exact) mass is 504 g/mol. The second-order valence-electron chi connectivity index (χ2n) is 7.63. The van der Waals surface area contributed by atoms with Gasteiger partial charge in [0.2, 0.25) is 10.0 Å². The number of hydrogen-bond donors (Lipinski definition) is 1. The molecule has 178 valence electrons. The van der Waals surface area contributed by atoms with Gasteiger partial charge in [0.05, 0.1) is 4.90 Å². The number of aryl methyl sites for hydroxylation is 1. The van der Waals surface area contributed by atoms with E-state index < -0.39 is 28.2 Å². The van der Waals surface area contributed by atoms with E-state index in [0.717, 1.165) is 9.87 Å². The van der Waals surface area contributed by atoms with Gasteiger partial charge >= 0.3 is 6.09 Å². The van der Waals surface area contributed by atoms with E-state index in [2.05, 4.69) is 0 Å². The van der Waals surface area contributed by atoms with Gasteiger partial charge in [0.25, 0.3) is 0 Å². The maximum absolute atomic E-state index is 14.9. The van der Waals surface area contributed by atoms with E-state index in [1.807, 2.05) is 6.92 Å². The highest BCUT2D eigenvalue weighted by Gasteiger charge is 2.41. The molecule has 4 rings (SSSR count). The number of nitrogens with two attached hydrogens (primary N) is 1. The highest BCUT2D eigenvalue weighted by atomic mass is 35.5.